The first-order chi connectivity index (χ1) is 14.1. The summed E-state index contributed by atoms with van der Waals surface area (Å²) in [6, 6.07) is 3.63. The fourth-order valence-electron chi connectivity index (χ4n) is 3.95. The third-order valence-electron chi connectivity index (χ3n) is 5.82. The first-order valence-electron chi connectivity index (χ1n) is 10.6. The maximum absolute atomic E-state index is 14.0. The van der Waals surface area contributed by atoms with Gasteiger partial charge in [0.15, 0.2) is 5.96 Å². The molecule has 6 nitrogen and oxygen atoms in total. The fourth-order valence-corrected chi connectivity index (χ4v) is 3.95. The van der Waals surface area contributed by atoms with Crippen LogP contribution in [-0.4, -0.2) is 100 Å². The fraction of sp³-hybridized carbons (Fsp3) is 0.667. The molecular formula is C21H35F2IN6. The molecule has 0 radical (unpaired) electrons. The summed E-state index contributed by atoms with van der Waals surface area (Å²) < 4.78 is 27.5. The van der Waals surface area contributed by atoms with Crippen molar-refractivity contribution >= 4 is 35.6 Å². The number of benzene rings is 1. The molecule has 0 aromatic heterocycles. The Morgan fingerprint density at radius 1 is 1.00 bits per heavy atom. The van der Waals surface area contributed by atoms with E-state index >= 15 is 0 Å². The number of guanidine groups is 1. The second kappa shape index (κ2) is 12.6. The number of anilines is 1. The normalized spacial score (nSPS) is 19.0. The van der Waals surface area contributed by atoms with Crippen LogP contribution in [0.3, 0.4) is 0 Å². The topological polar surface area (TPSA) is 37.4 Å². The molecule has 170 valence electrons. The molecular weight excluding hydrogens is 501 g/mol. The Morgan fingerprint density at radius 3 is 2.37 bits per heavy atom. The molecule has 1 N–H and O–H groups in total. The van der Waals surface area contributed by atoms with Crippen molar-refractivity contribution in [1.29, 1.82) is 0 Å². The molecule has 0 spiro atoms. The maximum atomic E-state index is 14.0. The lowest BCUT2D eigenvalue weighted by molar-refractivity contribution is 0.152. The molecule has 0 aliphatic carbocycles. The minimum Gasteiger partial charge on any atom is -0.366 e. The third-order valence-corrected chi connectivity index (χ3v) is 5.82. The van der Waals surface area contributed by atoms with Gasteiger partial charge in [-0.3, -0.25) is 4.99 Å². The van der Waals surface area contributed by atoms with Crippen LogP contribution in [0.2, 0.25) is 0 Å². The van der Waals surface area contributed by atoms with Gasteiger partial charge in [-0.25, -0.2) is 8.78 Å². The highest BCUT2D eigenvalue weighted by molar-refractivity contribution is 14.0. The van der Waals surface area contributed by atoms with Crippen molar-refractivity contribution in [3.8, 4) is 0 Å². The molecule has 1 aromatic rings. The first kappa shape index (κ1) is 25.1. The molecule has 2 fully saturated rings. The molecule has 2 aliphatic rings. The molecule has 0 atom stereocenters. The predicted octanol–water partition coefficient (Wildman–Crippen LogP) is 2.31. The van der Waals surface area contributed by atoms with E-state index in [2.05, 4.69) is 32.1 Å². The minimum absolute atomic E-state index is 0. The zero-order valence-corrected chi connectivity index (χ0v) is 20.4. The van der Waals surface area contributed by atoms with Crippen LogP contribution in [0.5, 0.6) is 0 Å². The van der Waals surface area contributed by atoms with E-state index < -0.39 is 5.82 Å². The molecule has 30 heavy (non-hydrogen) atoms. The predicted molar refractivity (Wildman–Crippen MR) is 130 cm³/mol. The second-order valence-electron chi connectivity index (χ2n) is 7.90. The van der Waals surface area contributed by atoms with Crippen LogP contribution in [-0.2, 0) is 0 Å². The number of hydrogen-bond donors (Lipinski definition) is 1. The molecule has 9 heteroatoms. The number of likely N-dealkylation sites (N-methyl/N-ethyl adjacent to an activating group) is 1. The number of nitrogens with zero attached hydrogens (tertiary/aromatic N) is 5. The molecule has 0 saturated carbocycles. The molecule has 0 amide bonds. The van der Waals surface area contributed by atoms with E-state index in [4.69, 9.17) is 0 Å². The van der Waals surface area contributed by atoms with Crippen molar-refractivity contribution in [2.45, 2.75) is 12.8 Å². The van der Waals surface area contributed by atoms with Gasteiger partial charge >= 0.3 is 0 Å². The Balaban J connectivity index is 0.00000320. The molecule has 1 aromatic carbocycles. The standard InChI is InChI=1S/C21H34F2N6.HI/c1-24-21(25-7-3-4-8-27-11-9-26(2)10-12-27)29-15-13-28(14-16-29)20-17-18(22)5-6-19(20)23;/h5-6,17H,3-4,7-16H2,1-2H3,(H,24,25);1H. The average Bonchev–Trinajstić information content (AvgIpc) is 2.74. The summed E-state index contributed by atoms with van der Waals surface area (Å²) in [5.74, 6) is 0.115. The van der Waals surface area contributed by atoms with E-state index in [1.807, 2.05) is 4.90 Å². The number of piperazine rings is 2. The summed E-state index contributed by atoms with van der Waals surface area (Å²) in [5, 5.41) is 3.46. The van der Waals surface area contributed by atoms with Gasteiger partial charge in [-0.2, -0.15) is 0 Å². The van der Waals surface area contributed by atoms with Crippen LogP contribution < -0.4 is 10.2 Å². The summed E-state index contributed by atoms with van der Waals surface area (Å²) in [7, 11) is 3.98. The molecule has 3 rings (SSSR count). The van der Waals surface area contributed by atoms with E-state index in [0.717, 1.165) is 57.7 Å². The van der Waals surface area contributed by atoms with Gasteiger partial charge in [0.25, 0.3) is 0 Å². The highest BCUT2D eigenvalue weighted by Crippen LogP contribution is 2.21. The molecule has 2 aliphatic heterocycles. The minimum atomic E-state index is -0.405. The van der Waals surface area contributed by atoms with Crippen molar-refractivity contribution in [3.05, 3.63) is 29.8 Å². The van der Waals surface area contributed by atoms with Crippen molar-refractivity contribution in [1.82, 2.24) is 20.0 Å². The summed E-state index contributed by atoms with van der Waals surface area (Å²) in [6.45, 7) is 9.48. The Labute approximate surface area is 196 Å². The van der Waals surface area contributed by atoms with E-state index in [-0.39, 0.29) is 29.8 Å². The number of rotatable bonds is 6. The van der Waals surface area contributed by atoms with E-state index in [0.29, 0.717) is 18.8 Å². The van der Waals surface area contributed by atoms with Crippen LogP contribution in [0.25, 0.3) is 0 Å². The average molecular weight is 536 g/mol. The Kier molecular flexibility index (Phi) is 10.5. The summed E-state index contributed by atoms with van der Waals surface area (Å²) in [6.07, 6.45) is 2.29. The first-order valence-corrected chi connectivity index (χ1v) is 10.6. The maximum Gasteiger partial charge on any atom is 0.193 e. The van der Waals surface area contributed by atoms with Crippen LogP contribution >= 0.6 is 24.0 Å². The van der Waals surface area contributed by atoms with Gasteiger partial charge in [-0.05, 0) is 38.6 Å². The Bertz CT molecular complexity index is 673. The van der Waals surface area contributed by atoms with Gasteiger partial charge in [0.05, 0.1) is 5.69 Å². The Morgan fingerprint density at radius 2 is 1.70 bits per heavy atom. The van der Waals surface area contributed by atoms with Gasteiger partial charge in [-0.15, -0.1) is 24.0 Å². The number of aliphatic imine (C=N–C) groups is 1. The van der Waals surface area contributed by atoms with Crippen LogP contribution in [0.1, 0.15) is 12.8 Å². The van der Waals surface area contributed by atoms with Gasteiger partial charge in [-0.1, -0.05) is 0 Å². The van der Waals surface area contributed by atoms with Crippen molar-refractivity contribution in [3.63, 3.8) is 0 Å². The molecule has 0 bridgehead atoms. The highest BCUT2D eigenvalue weighted by atomic mass is 127. The zero-order chi connectivity index (χ0) is 20.6. The largest absolute Gasteiger partial charge is 0.366 e. The smallest absolute Gasteiger partial charge is 0.193 e. The number of nitrogens with one attached hydrogen (secondary N) is 1. The molecule has 2 saturated heterocycles. The van der Waals surface area contributed by atoms with E-state index in [9.17, 15) is 8.78 Å². The van der Waals surface area contributed by atoms with Gasteiger partial charge < -0.3 is 24.9 Å². The lowest BCUT2D eigenvalue weighted by Gasteiger charge is -2.37. The van der Waals surface area contributed by atoms with Crippen molar-refractivity contribution < 1.29 is 8.78 Å². The quantitative estimate of drug-likeness (QED) is 0.262. The lowest BCUT2D eigenvalue weighted by atomic mass is 10.2. The number of unbranched alkanes of at least 4 members (excludes halogenated alkanes) is 1. The monoisotopic (exact) mass is 536 g/mol. The van der Waals surface area contributed by atoms with Gasteiger partial charge in [0.1, 0.15) is 11.6 Å². The highest BCUT2D eigenvalue weighted by Gasteiger charge is 2.22. The van der Waals surface area contributed by atoms with E-state index in [1.165, 1.54) is 31.6 Å². The molecule has 2 heterocycles. The van der Waals surface area contributed by atoms with Gasteiger partial charge in [0.2, 0.25) is 0 Å². The third kappa shape index (κ3) is 7.19. The van der Waals surface area contributed by atoms with Gasteiger partial charge in [0, 0.05) is 72.0 Å². The van der Waals surface area contributed by atoms with Crippen LogP contribution in [0, 0.1) is 11.6 Å². The lowest BCUT2D eigenvalue weighted by Crippen LogP contribution is -2.52. The van der Waals surface area contributed by atoms with Crippen molar-refractivity contribution in [2.75, 3.05) is 84.4 Å². The molecule has 0 unspecified atom stereocenters. The Hall–Kier alpha value is -1.20. The number of halogens is 3. The zero-order valence-electron chi connectivity index (χ0n) is 18.1. The summed E-state index contributed by atoms with van der Waals surface area (Å²) >= 11 is 0. The summed E-state index contributed by atoms with van der Waals surface area (Å²) in [4.78, 5) is 13.4. The van der Waals surface area contributed by atoms with Crippen molar-refractivity contribution in [2.24, 2.45) is 4.99 Å². The van der Waals surface area contributed by atoms with Crippen LogP contribution in [0.15, 0.2) is 23.2 Å². The second-order valence-corrected chi connectivity index (χ2v) is 7.90. The summed E-state index contributed by atoms with van der Waals surface area (Å²) in [5.41, 5.74) is 0.344. The SMILES string of the molecule is CN=C(NCCCCN1CCN(C)CC1)N1CCN(c2cc(F)ccc2F)CC1.I. The number of hydrogen-bond acceptors (Lipinski definition) is 4. The van der Waals surface area contributed by atoms with E-state index in [1.54, 1.807) is 7.05 Å². The van der Waals surface area contributed by atoms with Crippen LogP contribution in [0.4, 0.5) is 14.5 Å².